The van der Waals surface area contributed by atoms with Gasteiger partial charge in [-0.1, -0.05) is 30.3 Å². The van der Waals surface area contributed by atoms with E-state index in [9.17, 15) is 9.59 Å². The van der Waals surface area contributed by atoms with E-state index in [-0.39, 0.29) is 16.9 Å². The zero-order chi connectivity index (χ0) is 23.6. The van der Waals surface area contributed by atoms with Crippen molar-refractivity contribution in [2.24, 2.45) is 0 Å². The number of hydrogen-bond acceptors (Lipinski definition) is 4. The fourth-order valence-corrected chi connectivity index (χ4v) is 3.21. The Balaban J connectivity index is 1.51. The van der Waals surface area contributed by atoms with Gasteiger partial charge in [0.05, 0.1) is 6.61 Å². The minimum Gasteiger partial charge on any atom is -0.494 e. The molecule has 0 radical (unpaired) electrons. The van der Waals surface area contributed by atoms with Crippen molar-refractivity contribution in [3.05, 3.63) is 96.1 Å². The summed E-state index contributed by atoms with van der Waals surface area (Å²) >= 11 is 5.21. The molecule has 2 N–H and O–H groups in total. The van der Waals surface area contributed by atoms with Crippen LogP contribution in [0.5, 0.6) is 5.75 Å². The lowest BCUT2D eigenvalue weighted by Crippen LogP contribution is -2.32. The van der Waals surface area contributed by atoms with Crippen molar-refractivity contribution in [2.75, 3.05) is 23.9 Å². The van der Waals surface area contributed by atoms with E-state index in [1.165, 1.54) is 6.08 Å². The first-order valence-corrected chi connectivity index (χ1v) is 10.8. The molecule has 168 valence electrons. The second-order valence-corrected chi connectivity index (χ2v) is 7.46. The van der Waals surface area contributed by atoms with E-state index in [0.29, 0.717) is 17.9 Å². The molecule has 0 bridgehead atoms. The summed E-state index contributed by atoms with van der Waals surface area (Å²) < 4.78 is 5.40. The van der Waals surface area contributed by atoms with Crippen LogP contribution in [0.4, 0.5) is 11.4 Å². The molecule has 0 aliphatic carbocycles. The zero-order valence-corrected chi connectivity index (χ0v) is 19.3. The molecule has 0 aromatic heterocycles. The third-order valence-electron chi connectivity index (χ3n) is 4.69. The molecule has 0 saturated heterocycles. The number of benzene rings is 3. The minimum atomic E-state index is -0.349. The van der Waals surface area contributed by atoms with Crippen LogP contribution in [-0.4, -0.2) is 30.6 Å². The number of anilines is 2. The topological polar surface area (TPSA) is 70.7 Å². The van der Waals surface area contributed by atoms with Gasteiger partial charge in [-0.3, -0.25) is 14.9 Å². The first-order chi connectivity index (χ1) is 16.0. The molecule has 33 heavy (non-hydrogen) atoms. The highest BCUT2D eigenvalue weighted by atomic mass is 32.1. The highest BCUT2D eigenvalue weighted by Crippen LogP contribution is 2.17. The summed E-state index contributed by atoms with van der Waals surface area (Å²) in [6.07, 6.45) is 3.10. The molecule has 0 atom stereocenters. The molecular formula is C26H25N3O3S. The van der Waals surface area contributed by atoms with Crippen LogP contribution in [0.2, 0.25) is 0 Å². The number of thiocarbonyl (C=S) groups is 1. The highest BCUT2D eigenvalue weighted by molar-refractivity contribution is 7.80. The maximum atomic E-state index is 12.7. The normalized spacial score (nSPS) is 10.5. The summed E-state index contributed by atoms with van der Waals surface area (Å²) in [5.41, 5.74) is 2.88. The van der Waals surface area contributed by atoms with Crippen molar-refractivity contribution in [3.63, 3.8) is 0 Å². The van der Waals surface area contributed by atoms with E-state index in [0.717, 1.165) is 17.0 Å². The average molecular weight is 460 g/mol. The average Bonchev–Trinajstić information content (AvgIpc) is 2.84. The fourth-order valence-electron chi connectivity index (χ4n) is 2.99. The van der Waals surface area contributed by atoms with Gasteiger partial charge in [0.15, 0.2) is 5.11 Å². The molecule has 0 saturated carbocycles. The van der Waals surface area contributed by atoms with Crippen LogP contribution >= 0.6 is 12.2 Å². The summed E-state index contributed by atoms with van der Waals surface area (Å²) in [7, 11) is 1.73. The van der Waals surface area contributed by atoms with Gasteiger partial charge >= 0.3 is 0 Å². The Bertz CT molecular complexity index is 1130. The predicted octanol–water partition coefficient (Wildman–Crippen LogP) is 4.89. The molecule has 2 amide bonds. The maximum Gasteiger partial charge on any atom is 0.258 e. The van der Waals surface area contributed by atoms with Gasteiger partial charge in [0.1, 0.15) is 5.75 Å². The van der Waals surface area contributed by atoms with Gasteiger partial charge in [-0.2, -0.15) is 0 Å². The Kier molecular flexibility index (Phi) is 8.32. The number of nitrogens with one attached hydrogen (secondary N) is 2. The largest absolute Gasteiger partial charge is 0.494 e. The van der Waals surface area contributed by atoms with E-state index in [1.54, 1.807) is 42.3 Å². The summed E-state index contributed by atoms with van der Waals surface area (Å²) in [6.45, 7) is 2.53. The Morgan fingerprint density at radius 1 is 0.970 bits per heavy atom. The van der Waals surface area contributed by atoms with Crippen molar-refractivity contribution in [1.29, 1.82) is 0 Å². The van der Waals surface area contributed by atoms with Crippen molar-refractivity contribution >= 4 is 46.6 Å². The number of hydrogen-bond donors (Lipinski definition) is 2. The van der Waals surface area contributed by atoms with E-state index in [4.69, 9.17) is 17.0 Å². The van der Waals surface area contributed by atoms with Crippen LogP contribution in [0.3, 0.4) is 0 Å². The lowest BCUT2D eigenvalue weighted by atomic mass is 10.1. The van der Waals surface area contributed by atoms with Gasteiger partial charge in [0.25, 0.3) is 5.91 Å². The number of carbonyl (C=O) groups excluding carboxylic acids is 2. The Hall–Kier alpha value is -3.97. The first kappa shape index (κ1) is 23.7. The third-order valence-corrected chi connectivity index (χ3v) is 4.90. The second-order valence-electron chi connectivity index (χ2n) is 7.06. The molecule has 0 spiro atoms. The maximum absolute atomic E-state index is 12.7. The number of rotatable bonds is 7. The van der Waals surface area contributed by atoms with Gasteiger partial charge in [0, 0.05) is 30.1 Å². The fraction of sp³-hybridized carbons (Fsp3) is 0.115. The predicted molar refractivity (Wildman–Crippen MR) is 137 cm³/mol. The van der Waals surface area contributed by atoms with Gasteiger partial charge in [-0.15, -0.1) is 0 Å². The Morgan fingerprint density at radius 2 is 1.64 bits per heavy atom. The quantitative estimate of drug-likeness (QED) is 0.389. The highest BCUT2D eigenvalue weighted by Gasteiger charge is 2.13. The number of amides is 2. The van der Waals surface area contributed by atoms with Crippen LogP contribution in [0.15, 0.2) is 84.9 Å². The van der Waals surface area contributed by atoms with Gasteiger partial charge in [0.2, 0.25) is 5.91 Å². The molecule has 3 rings (SSSR count). The van der Waals surface area contributed by atoms with Crippen molar-refractivity contribution in [3.8, 4) is 5.75 Å². The molecule has 0 aliphatic rings. The van der Waals surface area contributed by atoms with Crippen molar-refractivity contribution in [1.82, 2.24) is 5.32 Å². The first-order valence-electron chi connectivity index (χ1n) is 10.4. The molecule has 6 nitrogen and oxygen atoms in total. The minimum absolute atomic E-state index is 0.122. The van der Waals surface area contributed by atoms with Crippen LogP contribution < -0.4 is 20.3 Å². The molecule has 0 unspecified atom stereocenters. The van der Waals surface area contributed by atoms with Crippen LogP contribution in [0, 0.1) is 0 Å². The number of para-hydroxylation sites is 1. The smallest absolute Gasteiger partial charge is 0.258 e. The third kappa shape index (κ3) is 7.02. The number of ether oxygens (including phenoxy) is 1. The van der Waals surface area contributed by atoms with Gasteiger partial charge < -0.3 is 15.0 Å². The summed E-state index contributed by atoms with van der Waals surface area (Å²) in [4.78, 5) is 26.4. The molecule has 7 heteroatoms. The molecule has 3 aromatic rings. The summed E-state index contributed by atoms with van der Waals surface area (Å²) in [6, 6.07) is 23.7. The standard InChI is InChI=1S/C26H25N3O3S/c1-3-32-23-16-9-19(10-17-23)11-18-24(30)28-26(33)27-21-14-12-20(13-15-21)25(31)29(2)22-7-5-4-6-8-22/h4-18H,3H2,1-2H3,(H2,27,28,30,33)/b18-11+. The molecule has 0 aliphatic heterocycles. The van der Waals surface area contributed by atoms with Crippen LogP contribution in [-0.2, 0) is 4.79 Å². The Morgan fingerprint density at radius 3 is 2.27 bits per heavy atom. The summed E-state index contributed by atoms with van der Waals surface area (Å²) in [5.74, 6) is 0.310. The monoisotopic (exact) mass is 459 g/mol. The van der Waals surface area contributed by atoms with E-state index in [1.807, 2.05) is 61.5 Å². The Labute approximate surface area is 198 Å². The molecule has 0 heterocycles. The second kappa shape index (κ2) is 11.6. The lowest BCUT2D eigenvalue weighted by molar-refractivity contribution is -0.115. The lowest BCUT2D eigenvalue weighted by Gasteiger charge is -2.17. The van der Waals surface area contributed by atoms with Gasteiger partial charge in [-0.05, 0) is 79.3 Å². The molecule has 3 aromatic carbocycles. The number of carbonyl (C=O) groups is 2. The summed E-state index contributed by atoms with van der Waals surface area (Å²) in [5, 5.41) is 5.71. The van der Waals surface area contributed by atoms with E-state index < -0.39 is 0 Å². The van der Waals surface area contributed by atoms with E-state index in [2.05, 4.69) is 10.6 Å². The van der Waals surface area contributed by atoms with Gasteiger partial charge in [-0.25, -0.2) is 0 Å². The molecule has 0 fully saturated rings. The SMILES string of the molecule is CCOc1ccc(/C=C/C(=O)NC(=S)Nc2ccc(C(=O)N(C)c3ccccc3)cc2)cc1. The molecular weight excluding hydrogens is 434 g/mol. The van der Waals surface area contributed by atoms with Crippen LogP contribution in [0.25, 0.3) is 6.08 Å². The van der Waals surface area contributed by atoms with Crippen molar-refractivity contribution < 1.29 is 14.3 Å². The number of nitrogens with zero attached hydrogens (tertiary/aromatic N) is 1. The van der Waals surface area contributed by atoms with Crippen LogP contribution in [0.1, 0.15) is 22.8 Å². The van der Waals surface area contributed by atoms with Crippen molar-refractivity contribution in [2.45, 2.75) is 6.92 Å². The zero-order valence-electron chi connectivity index (χ0n) is 18.4. The van der Waals surface area contributed by atoms with E-state index >= 15 is 0 Å².